The fraction of sp³-hybridized carbons (Fsp3) is 0.133. The van der Waals surface area contributed by atoms with Crippen molar-refractivity contribution in [2.75, 3.05) is 7.11 Å². The van der Waals surface area contributed by atoms with Gasteiger partial charge in [-0.25, -0.2) is 9.78 Å². The van der Waals surface area contributed by atoms with Gasteiger partial charge < -0.3 is 15.2 Å². The number of methoxy groups -OCH3 is 1. The average molecular weight is 355 g/mol. The molecule has 0 saturated carbocycles. The number of hydrogen-bond donors (Lipinski definition) is 2. The number of carbonyl (C=O) groups is 2. The van der Waals surface area contributed by atoms with E-state index in [-0.39, 0.29) is 27.2 Å². The quantitative estimate of drug-likeness (QED) is 0.650. The summed E-state index contributed by atoms with van der Waals surface area (Å²) >= 11 is 11.7. The van der Waals surface area contributed by atoms with Crippen LogP contribution in [0.5, 0.6) is 5.75 Å². The van der Waals surface area contributed by atoms with E-state index in [1.54, 1.807) is 12.1 Å². The van der Waals surface area contributed by atoms with Crippen LogP contribution in [0.1, 0.15) is 22.1 Å². The average Bonchev–Trinajstić information content (AvgIpc) is 2.54. The van der Waals surface area contributed by atoms with Crippen LogP contribution in [0.15, 0.2) is 36.4 Å². The van der Waals surface area contributed by atoms with E-state index in [0.29, 0.717) is 0 Å². The number of aromatic hydroxyl groups is 1. The van der Waals surface area contributed by atoms with Gasteiger partial charge in [-0.1, -0.05) is 41.4 Å². The highest BCUT2D eigenvalue weighted by Crippen LogP contribution is 2.25. The lowest BCUT2D eigenvalue weighted by Gasteiger charge is -2.18. The highest BCUT2D eigenvalue weighted by Gasteiger charge is 2.27. The van der Waals surface area contributed by atoms with Gasteiger partial charge in [0, 0.05) is 5.56 Å². The van der Waals surface area contributed by atoms with Crippen LogP contribution in [-0.4, -0.2) is 29.1 Å². The molecule has 6 nitrogen and oxygen atoms in total. The first-order valence-corrected chi connectivity index (χ1v) is 7.18. The van der Waals surface area contributed by atoms with Crippen LogP contribution in [0.4, 0.5) is 0 Å². The number of aromatic nitrogens is 1. The summed E-state index contributed by atoms with van der Waals surface area (Å²) in [5.74, 6) is -1.64. The van der Waals surface area contributed by atoms with Crippen molar-refractivity contribution in [1.29, 1.82) is 0 Å². The zero-order valence-electron chi connectivity index (χ0n) is 11.9. The third kappa shape index (κ3) is 3.91. The van der Waals surface area contributed by atoms with Crippen LogP contribution >= 0.6 is 23.2 Å². The summed E-state index contributed by atoms with van der Waals surface area (Å²) in [4.78, 5) is 28.1. The third-order valence-electron chi connectivity index (χ3n) is 2.99. The van der Waals surface area contributed by atoms with E-state index in [1.807, 2.05) is 0 Å². The van der Waals surface area contributed by atoms with Crippen LogP contribution in [-0.2, 0) is 9.53 Å². The van der Waals surface area contributed by atoms with Crippen molar-refractivity contribution in [2.24, 2.45) is 0 Å². The number of ether oxygens (including phenoxy) is 1. The van der Waals surface area contributed by atoms with E-state index >= 15 is 0 Å². The van der Waals surface area contributed by atoms with Gasteiger partial charge in [0.25, 0.3) is 5.91 Å². The minimum absolute atomic E-state index is 0.0767. The van der Waals surface area contributed by atoms with E-state index < -0.39 is 17.9 Å². The number of para-hydroxylation sites is 1. The Balaban J connectivity index is 2.35. The lowest BCUT2D eigenvalue weighted by molar-refractivity contribution is -0.143. The topological polar surface area (TPSA) is 88.5 Å². The molecule has 0 aliphatic carbocycles. The van der Waals surface area contributed by atoms with Crippen molar-refractivity contribution in [3.05, 3.63) is 57.8 Å². The minimum Gasteiger partial charge on any atom is -0.508 e. The maximum absolute atomic E-state index is 12.3. The van der Waals surface area contributed by atoms with Crippen LogP contribution < -0.4 is 5.32 Å². The molecule has 0 aliphatic heterocycles. The monoisotopic (exact) mass is 354 g/mol. The Labute approximate surface area is 142 Å². The Kier molecular flexibility index (Phi) is 5.41. The first kappa shape index (κ1) is 17.1. The molecule has 2 N–H and O–H groups in total. The maximum Gasteiger partial charge on any atom is 0.333 e. The van der Waals surface area contributed by atoms with E-state index in [0.717, 1.165) is 0 Å². The van der Waals surface area contributed by atoms with Gasteiger partial charge in [-0.3, -0.25) is 4.79 Å². The zero-order valence-corrected chi connectivity index (χ0v) is 13.4. The lowest BCUT2D eigenvalue weighted by Crippen LogP contribution is -2.35. The summed E-state index contributed by atoms with van der Waals surface area (Å²) in [5, 5.41) is 12.5. The summed E-state index contributed by atoms with van der Waals surface area (Å²) in [5.41, 5.74) is 0.0503. The van der Waals surface area contributed by atoms with Gasteiger partial charge in [0.15, 0.2) is 6.04 Å². The summed E-state index contributed by atoms with van der Waals surface area (Å²) in [6.07, 6.45) is 0. The molecule has 0 unspecified atom stereocenters. The molecular formula is C15H12Cl2N2O4. The molecule has 2 rings (SSSR count). The third-order valence-corrected chi connectivity index (χ3v) is 3.50. The molecule has 0 saturated heterocycles. The van der Waals surface area contributed by atoms with Crippen molar-refractivity contribution in [2.45, 2.75) is 6.04 Å². The Morgan fingerprint density at radius 2 is 1.91 bits per heavy atom. The molecule has 1 amide bonds. The second kappa shape index (κ2) is 7.30. The van der Waals surface area contributed by atoms with Gasteiger partial charge in [0.2, 0.25) is 0 Å². The van der Waals surface area contributed by atoms with Crippen LogP contribution in [0.2, 0.25) is 10.2 Å². The van der Waals surface area contributed by atoms with Gasteiger partial charge in [-0.15, -0.1) is 0 Å². The van der Waals surface area contributed by atoms with E-state index in [1.165, 1.54) is 31.4 Å². The minimum atomic E-state index is -1.22. The van der Waals surface area contributed by atoms with E-state index in [2.05, 4.69) is 15.0 Å². The van der Waals surface area contributed by atoms with Gasteiger partial charge in [0.05, 0.1) is 12.1 Å². The van der Waals surface area contributed by atoms with E-state index in [4.69, 9.17) is 23.2 Å². The molecule has 1 aromatic carbocycles. The van der Waals surface area contributed by atoms with Gasteiger partial charge in [-0.2, -0.15) is 0 Å². The number of phenolic OH excluding ortho intramolecular Hbond substituents is 1. The normalized spacial score (nSPS) is 11.6. The largest absolute Gasteiger partial charge is 0.508 e. The first-order chi connectivity index (χ1) is 10.9. The Bertz CT molecular complexity index is 752. The number of phenols is 1. The fourth-order valence-corrected chi connectivity index (χ4v) is 2.23. The van der Waals surface area contributed by atoms with Gasteiger partial charge >= 0.3 is 5.97 Å². The number of hydrogen-bond acceptors (Lipinski definition) is 5. The predicted octanol–water partition coefficient (Wildman–Crippen LogP) is 2.74. The molecule has 1 atom stereocenters. The molecule has 0 aliphatic rings. The molecule has 0 radical (unpaired) electrons. The second-order valence-electron chi connectivity index (χ2n) is 4.45. The van der Waals surface area contributed by atoms with Crippen molar-refractivity contribution in [1.82, 2.24) is 10.3 Å². The van der Waals surface area contributed by atoms with Crippen molar-refractivity contribution in [3.8, 4) is 5.75 Å². The number of amides is 1. The highest BCUT2D eigenvalue weighted by molar-refractivity contribution is 6.34. The number of nitrogens with zero attached hydrogens (tertiary/aromatic N) is 1. The summed E-state index contributed by atoms with van der Waals surface area (Å²) in [6.45, 7) is 0. The van der Waals surface area contributed by atoms with Crippen LogP contribution in [0.3, 0.4) is 0 Å². The highest BCUT2D eigenvalue weighted by atomic mass is 35.5. The number of pyridine rings is 1. The number of esters is 1. The predicted molar refractivity (Wildman–Crippen MR) is 84.6 cm³/mol. The number of nitrogens with one attached hydrogen (secondary N) is 1. The first-order valence-electron chi connectivity index (χ1n) is 6.42. The fourth-order valence-electron chi connectivity index (χ4n) is 1.89. The molecule has 1 aromatic heterocycles. The molecule has 120 valence electrons. The molecule has 0 spiro atoms. The molecular weight excluding hydrogens is 343 g/mol. The summed E-state index contributed by atoms with van der Waals surface area (Å²) in [7, 11) is 1.17. The number of rotatable bonds is 4. The molecule has 2 aromatic rings. The van der Waals surface area contributed by atoms with Gasteiger partial charge in [0.1, 0.15) is 16.6 Å². The number of benzene rings is 1. The van der Waals surface area contributed by atoms with Crippen LogP contribution in [0.25, 0.3) is 0 Å². The summed E-state index contributed by atoms with van der Waals surface area (Å²) in [6, 6.07) is 7.71. The van der Waals surface area contributed by atoms with E-state index in [9.17, 15) is 14.7 Å². The molecule has 1 heterocycles. The zero-order chi connectivity index (χ0) is 17.0. The SMILES string of the molecule is COC(=O)[C@H](NC(=O)c1nc(Cl)ccc1Cl)c1ccccc1O. The standard InChI is InChI=1S/C15H12Cl2N2O4/c1-23-15(22)12(8-4-2-3-5-10(8)20)19-14(21)13-9(16)6-7-11(17)18-13/h2-7,12,20H,1H3,(H,19,21)/t12-/m1/s1. The number of halogens is 2. The molecule has 0 bridgehead atoms. The summed E-state index contributed by atoms with van der Waals surface area (Å²) < 4.78 is 4.67. The molecule has 0 fully saturated rings. The smallest absolute Gasteiger partial charge is 0.333 e. The van der Waals surface area contributed by atoms with Crippen molar-refractivity contribution in [3.63, 3.8) is 0 Å². The van der Waals surface area contributed by atoms with Gasteiger partial charge in [-0.05, 0) is 18.2 Å². The Morgan fingerprint density at radius 3 is 2.57 bits per heavy atom. The maximum atomic E-state index is 12.3. The Hall–Kier alpha value is -2.31. The lowest BCUT2D eigenvalue weighted by atomic mass is 10.1. The van der Waals surface area contributed by atoms with Crippen molar-refractivity contribution >= 4 is 35.1 Å². The Morgan fingerprint density at radius 1 is 1.22 bits per heavy atom. The second-order valence-corrected chi connectivity index (χ2v) is 5.25. The van der Waals surface area contributed by atoms with Crippen LogP contribution in [0, 0.1) is 0 Å². The van der Waals surface area contributed by atoms with Crippen molar-refractivity contribution < 1.29 is 19.4 Å². The number of carbonyl (C=O) groups excluding carboxylic acids is 2. The molecule has 23 heavy (non-hydrogen) atoms. The molecule has 8 heteroatoms.